The number of carbonyl (C=O) groups is 1. The van der Waals surface area contributed by atoms with Crippen LogP contribution in [0.2, 0.25) is 0 Å². The van der Waals surface area contributed by atoms with Gasteiger partial charge < -0.3 is 10.6 Å². The Kier molecular flexibility index (Phi) is 4.20. The van der Waals surface area contributed by atoms with E-state index >= 15 is 0 Å². The third-order valence-corrected chi connectivity index (χ3v) is 3.06. The smallest absolute Gasteiger partial charge is 0.187 e. The zero-order valence-corrected chi connectivity index (χ0v) is 11.7. The first kappa shape index (κ1) is 13.9. The minimum Gasteiger partial charge on any atom is -0.398 e. The second kappa shape index (κ2) is 6.06. The Bertz CT molecular complexity index is 613. The maximum Gasteiger partial charge on any atom is 0.187 e. The third kappa shape index (κ3) is 3.26. The number of ketones is 1. The Morgan fingerprint density at radius 1 is 0.950 bits per heavy atom. The number of allylic oxidation sites excluding steroid dienone is 1. The molecule has 0 atom stereocenters. The van der Waals surface area contributed by atoms with Gasteiger partial charge in [0.1, 0.15) is 0 Å². The van der Waals surface area contributed by atoms with E-state index in [1.165, 1.54) is 6.08 Å². The van der Waals surface area contributed by atoms with E-state index in [0.717, 1.165) is 11.3 Å². The van der Waals surface area contributed by atoms with Gasteiger partial charge in [0, 0.05) is 37.1 Å². The highest BCUT2D eigenvalue weighted by Crippen LogP contribution is 2.14. The van der Waals surface area contributed by atoms with Gasteiger partial charge in [-0.05, 0) is 29.8 Å². The zero-order chi connectivity index (χ0) is 14.5. The fraction of sp³-hybridized carbons (Fsp3) is 0.118. The Hall–Kier alpha value is -2.55. The summed E-state index contributed by atoms with van der Waals surface area (Å²) in [6, 6.07) is 16.9. The minimum atomic E-state index is -0.0864. The number of benzene rings is 2. The van der Waals surface area contributed by atoms with Crippen LogP contribution in [0.5, 0.6) is 0 Å². The summed E-state index contributed by atoms with van der Waals surface area (Å²) in [5.74, 6) is -0.0864. The van der Waals surface area contributed by atoms with Crippen molar-refractivity contribution >= 4 is 17.2 Å². The molecule has 2 N–H and O–H groups in total. The van der Waals surface area contributed by atoms with Crippen molar-refractivity contribution in [2.24, 2.45) is 5.73 Å². The van der Waals surface area contributed by atoms with Gasteiger partial charge >= 0.3 is 0 Å². The first-order chi connectivity index (χ1) is 9.58. The molecule has 0 saturated carbocycles. The normalized spacial score (nSPS) is 11.2. The number of carbonyl (C=O) groups excluding carboxylic acids is 1. The molecule has 0 fully saturated rings. The van der Waals surface area contributed by atoms with E-state index in [1.54, 1.807) is 0 Å². The van der Waals surface area contributed by atoms with Gasteiger partial charge in [0.05, 0.1) is 0 Å². The molecule has 3 nitrogen and oxygen atoms in total. The number of rotatable bonds is 4. The summed E-state index contributed by atoms with van der Waals surface area (Å²) in [4.78, 5) is 14.1. The van der Waals surface area contributed by atoms with E-state index < -0.39 is 0 Å². The van der Waals surface area contributed by atoms with Crippen molar-refractivity contribution in [1.29, 1.82) is 0 Å². The van der Waals surface area contributed by atoms with Crippen LogP contribution in [-0.4, -0.2) is 19.9 Å². The van der Waals surface area contributed by atoms with Gasteiger partial charge in [0.15, 0.2) is 5.78 Å². The fourth-order valence-electron chi connectivity index (χ4n) is 1.86. The van der Waals surface area contributed by atoms with Crippen LogP contribution in [-0.2, 0) is 0 Å². The Morgan fingerprint density at radius 2 is 1.55 bits per heavy atom. The highest BCUT2D eigenvalue weighted by atomic mass is 16.1. The molecule has 0 aliphatic heterocycles. The lowest BCUT2D eigenvalue weighted by molar-refractivity contribution is 0.104. The van der Waals surface area contributed by atoms with E-state index in [4.69, 9.17) is 5.73 Å². The molecule has 0 saturated heterocycles. The molecule has 0 amide bonds. The van der Waals surface area contributed by atoms with Crippen molar-refractivity contribution in [3.05, 3.63) is 71.8 Å². The number of hydrogen-bond donors (Lipinski definition) is 1. The molecule has 0 unspecified atom stereocenters. The SMILES string of the molecule is CN(C)c1ccc(C(=O)/C=C(\N)c2ccccc2)cc1. The highest BCUT2D eigenvalue weighted by Gasteiger charge is 2.05. The van der Waals surface area contributed by atoms with Crippen LogP contribution < -0.4 is 10.6 Å². The third-order valence-electron chi connectivity index (χ3n) is 3.06. The van der Waals surface area contributed by atoms with Crippen molar-refractivity contribution in [3.8, 4) is 0 Å². The molecule has 2 aromatic carbocycles. The van der Waals surface area contributed by atoms with E-state index in [0.29, 0.717) is 11.3 Å². The molecule has 3 heteroatoms. The van der Waals surface area contributed by atoms with Gasteiger partial charge in [0.2, 0.25) is 0 Å². The number of anilines is 1. The summed E-state index contributed by atoms with van der Waals surface area (Å²) >= 11 is 0. The number of hydrogen-bond acceptors (Lipinski definition) is 3. The summed E-state index contributed by atoms with van der Waals surface area (Å²) < 4.78 is 0. The molecule has 0 spiro atoms. The molecule has 0 aromatic heterocycles. The van der Waals surface area contributed by atoms with Crippen LogP contribution in [0.1, 0.15) is 15.9 Å². The van der Waals surface area contributed by atoms with Gasteiger partial charge in [-0.3, -0.25) is 4.79 Å². The average molecular weight is 266 g/mol. The molecular formula is C17H18N2O. The molecular weight excluding hydrogens is 248 g/mol. The Labute approximate surface area is 119 Å². The van der Waals surface area contributed by atoms with Crippen molar-refractivity contribution < 1.29 is 4.79 Å². The monoisotopic (exact) mass is 266 g/mol. The van der Waals surface area contributed by atoms with Gasteiger partial charge in [-0.15, -0.1) is 0 Å². The minimum absolute atomic E-state index is 0.0864. The molecule has 0 radical (unpaired) electrons. The maximum absolute atomic E-state index is 12.1. The summed E-state index contributed by atoms with van der Waals surface area (Å²) in [5.41, 5.74) is 8.97. The van der Waals surface area contributed by atoms with Crippen LogP contribution in [0.25, 0.3) is 5.70 Å². The highest BCUT2D eigenvalue weighted by molar-refractivity contribution is 6.08. The molecule has 102 valence electrons. The number of nitrogens with two attached hydrogens (primary N) is 1. The maximum atomic E-state index is 12.1. The van der Waals surface area contributed by atoms with Crippen molar-refractivity contribution in [3.63, 3.8) is 0 Å². The van der Waals surface area contributed by atoms with E-state index in [-0.39, 0.29) is 5.78 Å². The van der Waals surface area contributed by atoms with E-state index in [9.17, 15) is 4.79 Å². The summed E-state index contributed by atoms with van der Waals surface area (Å²) in [7, 11) is 3.92. The average Bonchev–Trinajstić information content (AvgIpc) is 2.48. The molecule has 0 aliphatic rings. The fourth-order valence-corrected chi connectivity index (χ4v) is 1.86. The van der Waals surface area contributed by atoms with Crippen LogP contribution in [0.15, 0.2) is 60.7 Å². The largest absolute Gasteiger partial charge is 0.398 e. The topological polar surface area (TPSA) is 46.3 Å². The molecule has 20 heavy (non-hydrogen) atoms. The summed E-state index contributed by atoms with van der Waals surface area (Å²) in [6.45, 7) is 0. The van der Waals surface area contributed by atoms with Gasteiger partial charge in [-0.2, -0.15) is 0 Å². The summed E-state index contributed by atoms with van der Waals surface area (Å²) in [5, 5.41) is 0. The van der Waals surface area contributed by atoms with E-state index in [2.05, 4.69) is 0 Å². The Morgan fingerprint density at radius 3 is 2.10 bits per heavy atom. The molecule has 0 aliphatic carbocycles. The lowest BCUT2D eigenvalue weighted by atomic mass is 10.1. The van der Waals surface area contributed by atoms with Gasteiger partial charge in [-0.25, -0.2) is 0 Å². The van der Waals surface area contributed by atoms with Crippen LogP contribution in [0, 0.1) is 0 Å². The predicted molar refractivity (Wildman–Crippen MR) is 83.7 cm³/mol. The Balaban J connectivity index is 2.19. The molecule has 2 aromatic rings. The van der Waals surface area contributed by atoms with Gasteiger partial charge in [0.25, 0.3) is 0 Å². The lowest BCUT2D eigenvalue weighted by Gasteiger charge is -2.12. The molecule has 2 rings (SSSR count). The van der Waals surface area contributed by atoms with Gasteiger partial charge in [-0.1, -0.05) is 30.3 Å². The van der Waals surface area contributed by atoms with Crippen molar-refractivity contribution in [2.45, 2.75) is 0 Å². The van der Waals surface area contributed by atoms with Crippen LogP contribution in [0.3, 0.4) is 0 Å². The molecule has 0 heterocycles. The van der Waals surface area contributed by atoms with Crippen LogP contribution >= 0.6 is 0 Å². The quantitative estimate of drug-likeness (QED) is 0.683. The van der Waals surface area contributed by atoms with E-state index in [1.807, 2.05) is 73.6 Å². The standard InChI is InChI=1S/C17H18N2O/c1-19(2)15-10-8-14(9-11-15)17(20)12-16(18)13-6-4-3-5-7-13/h3-12H,18H2,1-2H3/b16-12-. The molecule has 0 bridgehead atoms. The lowest BCUT2D eigenvalue weighted by Crippen LogP contribution is -2.08. The first-order valence-corrected chi connectivity index (χ1v) is 6.42. The zero-order valence-electron chi connectivity index (χ0n) is 11.7. The predicted octanol–water partition coefficient (Wildman–Crippen LogP) is 2.94. The van der Waals surface area contributed by atoms with Crippen molar-refractivity contribution in [2.75, 3.05) is 19.0 Å². The second-order valence-corrected chi connectivity index (χ2v) is 4.77. The van der Waals surface area contributed by atoms with Crippen molar-refractivity contribution in [1.82, 2.24) is 0 Å². The summed E-state index contributed by atoms with van der Waals surface area (Å²) in [6.07, 6.45) is 1.47. The second-order valence-electron chi connectivity index (χ2n) is 4.77. The van der Waals surface area contributed by atoms with Crippen LogP contribution in [0.4, 0.5) is 5.69 Å². The number of nitrogens with zero attached hydrogens (tertiary/aromatic N) is 1. The first-order valence-electron chi connectivity index (χ1n) is 6.42.